The molecular formula is C27H51N. The molecule has 0 aromatic rings. The van der Waals surface area contributed by atoms with Crippen LogP contribution < -0.4 is 5.73 Å². The lowest BCUT2D eigenvalue weighted by Gasteiger charge is -2.21. The molecule has 0 spiro atoms. The van der Waals surface area contributed by atoms with Gasteiger partial charge in [0.1, 0.15) is 0 Å². The normalized spacial score (nSPS) is 22.1. The summed E-state index contributed by atoms with van der Waals surface area (Å²) < 4.78 is 0. The Bertz CT molecular complexity index is 413. The number of nitrogens with two attached hydrogens (primary N) is 1. The fourth-order valence-electron chi connectivity index (χ4n) is 4.89. The van der Waals surface area contributed by atoms with Gasteiger partial charge >= 0.3 is 0 Å². The molecule has 1 nitrogen and oxygen atoms in total. The van der Waals surface area contributed by atoms with Crippen LogP contribution >= 0.6 is 0 Å². The topological polar surface area (TPSA) is 26.0 Å². The number of hydrogen-bond donors (Lipinski definition) is 1. The highest BCUT2D eigenvalue weighted by Gasteiger charge is 2.25. The molecule has 2 N–H and O–H groups in total. The minimum atomic E-state index is 0.356. The van der Waals surface area contributed by atoms with Gasteiger partial charge in [0, 0.05) is 12.0 Å². The van der Waals surface area contributed by atoms with Crippen LogP contribution in [0, 0.1) is 35.5 Å². The van der Waals surface area contributed by atoms with Gasteiger partial charge in [-0.05, 0) is 49.4 Å². The van der Waals surface area contributed by atoms with Gasteiger partial charge in [0.15, 0.2) is 0 Å². The van der Waals surface area contributed by atoms with E-state index in [0.29, 0.717) is 17.4 Å². The van der Waals surface area contributed by atoms with Gasteiger partial charge in [-0.1, -0.05) is 98.3 Å². The third-order valence-corrected chi connectivity index (χ3v) is 7.00. The summed E-state index contributed by atoms with van der Waals surface area (Å²) in [4.78, 5) is 0. The Morgan fingerprint density at radius 1 is 0.893 bits per heavy atom. The molecule has 4 unspecified atom stereocenters. The van der Waals surface area contributed by atoms with Crippen molar-refractivity contribution in [1.29, 1.82) is 0 Å². The number of unbranched alkanes of at least 4 members (excludes halogenated alkanes) is 7. The molecule has 4 atom stereocenters. The maximum absolute atomic E-state index is 6.37. The number of hydrogen-bond acceptors (Lipinski definition) is 1. The average molecular weight is 390 g/mol. The Morgan fingerprint density at radius 3 is 2.04 bits per heavy atom. The summed E-state index contributed by atoms with van der Waals surface area (Å²) in [5, 5.41) is 0. The smallest absolute Gasteiger partial charge is 0.0203 e. The van der Waals surface area contributed by atoms with Crippen molar-refractivity contribution in [3.63, 3.8) is 0 Å². The molecule has 1 aliphatic carbocycles. The molecule has 0 heterocycles. The van der Waals surface area contributed by atoms with E-state index in [9.17, 15) is 0 Å². The van der Waals surface area contributed by atoms with Crippen molar-refractivity contribution in [2.45, 2.75) is 136 Å². The van der Waals surface area contributed by atoms with Crippen molar-refractivity contribution in [2.24, 2.45) is 28.9 Å². The van der Waals surface area contributed by atoms with Crippen molar-refractivity contribution in [2.75, 3.05) is 0 Å². The molecule has 1 heteroatoms. The molecule has 1 saturated carbocycles. The van der Waals surface area contributed by atoms with E-state index in [1.165, 1.54) is 89.9 Å². The highest BCUT2D eigenvalue weighted by Crippen LogP contribution is 2.36. The Morgan fingerprint density at radius 2 is 1.50 bits per heavy atom. The van der Waals surface area contributed by atoms with Crippen LogP contribution in [0.1, 0.15) is 130 Å². The Balaban J connectivity index is 1.94. The monoisotopic (exact) mass is 389 g/mol. The molecule has 0 bridgehead atoms. The van der Waals surface area contributed by atoms with E-state index in [1.807, 2.05) is 0 Å². The minimum absolute atomic E-state index is 0.356. The van der Waals surface area contributed by atoms with Crippen molar-refractivity contribution in [3.05, 3.63) is 0 Å². The first-order valence-electron chi connectivity index (χ1n) is 12.5. The van der Waals surface area contributed by atoms with Crippen LogP contribution in [0.3, 0.4) is 0 Å². The van der Waals surface area contributed by atoms with Crippen molar-refractivity contribution < 1.29 is 0 Å². The van der Waals surface area contributed by atoms with Crippen molar-refractivity contribution in [1.82, 2.24) is 0 Å². The second-order valence-electron chi connectivity index (χ2n) is 11.0. The molecule has 0 radical (unpaired) electrons. The zero-order valence-corrected chi connectivity index (χ0v) is 19.8. The van der Waals surface area contributed by atoms with E-state index in [4.69, 9.17) is 12.2 Å². The third-order valence-electron chi connectivity index (χ3n) is 7.00. The van der Waals surface area contributed by atoms with Crippen LogP contribution in [-0.2, 0) is 0 Å². The summed E-state index contributed by atoms with van der Waals surface area (Å²) >= 11 is 0. The molecule has 0 aromatic heterocycles. The van der Waals surface area contributed by atoms with Gasteiger partial charge in [0.2, 0.25) is 0 Å². The van der Waals surface area contributed by atoms with Crippen molar-refractivity contribution in [3.8, 4) is 12.3 Å². The van der Waals surface area contributed by atoms with E-state index in [2.05, 4.69) is 33.6 Å². The van der Waals surface area contributed by atoms with Gasteiger partial charge in [-0.2, -0.15) is 0 Å². The maximum atomic E-state index is 6.37. The van der Waals surface area contributed by atoms with Gasteiger partial charge in [-0.3, -0.25) is 0 Å². The predicted octanol–water partition coefficient (Wildman–Crippen LogP) is 8.12. The summed E-state index contributed by atoms with van der Waals surface area (Å²) in [7, 11) is 0. The fraction of sp³-hybridized carbons (Fsp3) is 0.926. The molecule has 28 heavy (non-hydrogen) atoms. The quantitative estimate of drug-likeness (QED) is 0.222. The molecule has 0 aliphatic heterocycles. The van der Waals surface area contributed by atoms with E-state index >= 15 is 0 Å². The summed E-state index contributed by atoms with van der Waals surface area (Å²) in [6.07, 6.45) is 27.1. The zero-order valence-electron chi connectivity index (χ0n) is 19.8. The Labute approximate surface area is 178 Å². The van der Waals surface area contributed by atoms with Gasteiger partial charge in [-0.25, -0.2) is 0 Å². The first kappa shape index (κ1) is 25.6. The summed E-state index contributed by atoms with van der Waals surface area (Å²) in [5.41, 5.74) is 6.88. The summed E-state index contributed by atoms with van der Waals surface area (Å²) in [5.74, 6) is 5.26. The molecule has 1 aliphatic rings. The number of rotatable bonds is 15. The molecule has 0 saturated heterocycles. The molecular weight excluding hydrogens is 338 g/mol. The first-order valence-corrected chi connectivity index (χ1v) is 12.5. The Kier molecular flexibility index (Phi) is 13.2. The zero-order chi connectivity index (χ0) is 20.8. The van der Waals surface area contributed by atoms with Gasteiger partial charge in [0.25, 0.3) is 0 Å². The lowest BCUT2D eigenvalue weighted by Crippen LogP contribution is -2.21. The van der Waals surface area contributed by atoms with E-state index in [0.717, 1.165) is 24.7 Å². The third kappa shape index (κ3) is 12.9. The summed E-state index contributed by atoms with van der Waals surface area (Å²) in [6.45, 7) is 9.45. The van der Waals surface area contributed by atoms with E-state index in [-0.39, 0.29) is 0 Å². The van der Waals surface area contributed by atoms with Crippen LogP contribution in [0.25, 0.3) is 0 Å². The number of terminal acetylenes is 1. The average Bonchev–Trinajstić information content (AvgIpc) is 3.03. The highest BCUT2D eigenvalue weighted by molar-refractivity contribution is 4.95. The van der Waals surface area contributed by atoms with Crippen LogP contribution in [0.15, 0.2) is 0 Å². The summed E-state index contributed by atoms with van der Waals surface area (Å²) in [6, 6.07) is 0.356. The standard InChI is InChI=1S/C27H51N/c1-6-24(22-25-17-15-16-23(25)2)19-20-26(28)18-13-11-9-7-8-10-12-14-21-27(3,4)5/h1,23-26H,7-22,28H2,2-5H3. The molecule has 1 rings (SSSR count). The molecule has 1 fully saturated rings. The minimum Gasteiger partial charge on any atom is -0.328 e. The molecule has 0 aromatic carbocycles. The molecule has 0 amide bonds. The predicted molar refractivity (Wildman–Crippen MR) is 126 cm³/mol. The van der Waals surface area contributed by atoms with Crippen LogP contribution in [0.4, 0.5) is 0 Å². The Hall–Kier alpha value is -0.480. The van der Waals surface area contributed by atoms with Crippen LogP contribution in [-0.4, -0.2) is 6.04 Å². The van der Waals surface area contributed by atoms with Crippen molar-refractivity contribution >= 4 is 0 Å². The maximum Gasteiger partial charge on any atom is 0.0203 e. The van der Waals surface area contributed by atoms with Gasteiger partial charge in [0.05, 0.1) is 0 Å². The SMILES string of the molecule is C#CC(CCC(N)CCCCCCCCCCC(C)(C)C)CC1CCCC1C. The van der Waals surface area contributed by atoms with Gasteiger partial charge in [-0.15, -0.1) is 12.3 Å². The van der Waals surface area contributed by atoms with Crippen LogP contribution in [0.2, 0.25) is 0 Å². The van der Waals surface area contributed by atoms with Gasteiger partial charge < -0.3 is 5.73 Å². The lowest BCUT2D eigenvalue weighted by atomic mass is 9.85. The van der Waals surface area contributed by atoms with Crippen LogP contribution in [0.5, 0.6) is 0 Å². The van der Waals surface area contributed by atoms with E-state index < -0.39 is 0 Å². The second kappa shape index (κ2) is 14.5. The first-order chi connectivity index (χ1) is 13.3. The fourth-order valence-corrected chi connectivity index (χ4v) is 4.89. The second-order valence-corrected chi connectivity index (χ2v) is 11.0. The highest BCUT2D eigenvalue weighted by atomic mass is 14.6. The lowest BCUT2D eigenvalue weighted by molar-refractivity contribution is 0.334. The van der Waals surface area contributed by atoms with E-state index in [1.54, 1.807) is 0 Å². The largest absolute Gasteiger partial charge is 0.328 e. The molecule has 164 valence electrons.